The summed E-state index contributed by atoms with van der Waals surface area (Å²) in [6, 6.07) is 3.08. The zero-order valence-electron chi connectivity index (χ0n) is 12.4. The Bertz CT molecular complexity index is 551. The molecule has 5 nitrogen and oxygen atoms in total. The van der Waals surface area contributed by atoms with Gasteiger partial charge in [0.25, 0.3) is 0 Å². The molecule has 1 aliphatic heterocycles. The summed E-state index contributed by atoms with van der Waals surface area (Å²) < 4.78 is 26.1. The van der Waals surface area contributed by atoms with E-state index in [0.717, 1.165) is 24.6 Å². The number of aliphatic carboxylic acids is 1. The Labute approximate surface area is 139 Å². The molecule has 0 radical (unpaired) electrons. The van der Waals surface area contributed by atoms with Gasteiger partial charge in [0.15, 0.2) is 0 Å². The lowest BCUT2D eigenvalue weighted by atomic mass is 9.98. The third kappa shape index (κ3) is 6.11. The Balaban J connectivity index is 0.00000264. The van der Waals surface area contributed by atoms with Crippen LogP contribution in [0.2, 0.25) is 0 Å². The van der Waals surface area contributed by atoms with Crippen molar-refractivity contribution in [3.8, 4) is 0 Å². The van der Waals surface area contributed by atoms with Crippen molar-refractivity contribution in [3.05, 3.63) is 35.4 Å². The number of halogens is 3. The van der Waals surface area contributed by atoms with E-state index in [4.69, 9.17) is 5.11 Å². The largest absolute Gasteiger partial charge is 0.481 e. The summed E-state index contributed by atoms with van der Waals surface area (Å²) in [6.45, 7) is 1.13. The van der Waals surface area contributed by atoms with Gasteiger partial charge in [0, 0.05) is 19.2 Å². The van der Waals surface area contributed by atoms with E-state index >= 15 is 0 Å². The highest BCUT2D eigenvalue weighted by molar-refractivity contribution is 5.85. The molecule has 1 aromatic carbocycles. The molecule has 1 heterocycles. The number of benzene rings is 1. The quantitative estimate of drug-likeness (QED) is 0.851. The lowest BCUT2D eigenvalue weighted by molar-refractivity contribution is -0.144. The highest BCUT2D eigenvalue weighted by Gasteiger charge is 2.26. The minimum absolute atomic E-state index is 0. The summed E-state index contributed by atoms with van der Waals surface area (Å²) in [5.41, 5.74) is 0.341. The Morgan fingerprint density at radius 1 is 1.26 bits per heavy atom. The predicted molar refractivity (Wildman–Crippen MR) is 82.3 cm³/mol. The third-order valence-corrected chi connectivity index (χ3v) is 3.63. The molecule has 2 rings (SSSR count). The zero-order chi connectivity index (χ0) is 16.1. The SMILES string of the molecule is Cl.O=C(CN1CCCC(C(=O)O)C1)NCc1cc(F)cc(F)c1. The number of carboxylic acid groups (broad SMARTS) is 1. The van der Waals surface area contributed by atoms with Crippen molar-refractivity contribution < 1.29 is 23.5 Å². The number of likely N-dealkylation sites (tertiary alicyclic amines) is 1. The summed E-state index contributed by atoms with van der Waals surface area (Å²) in [7, 11) is 0. The van der Waals surface area contributed by atoms with E-state index < -0.39 is 23.5 Å². The standard InChI is InChI=1S/C15H18F2N2O3.ClH/c16-12-4-10(5-13(17)6-12)7-18-14(20)9-19-3-1-2-11(8-19)15(21)22;/h4-6,11H,1-3,7-9H2,(H,18,20)(H,21,22);1H. The van der Waals surface area contributed by atoms with E-state index in [-0.39, 0.29) is 31.4 Å². The van der Waals surface area contributed by atoms with Gasteiger partial charge in [-0.15, -0.1) is 12.4 Å². The first-order valence-corrected chi connectivity index (χ1v) is 7.11. The van der Waals surface area contributed by atoms with E-state index in [1.165, 1.54) is 0 Å². The molecular weight excluding hydrogens is 330 g/mol. The molecule has 1 saturated heterocycles. The number of hydrogen-bond donors (Lipinski definition) is 2. The maximum atomic E-state index is 13.0. The number of carbonyl (C=O) groups excluding carboxylic acids is 1. The van der Waals surface area contributed by atoms with Crippen molar-refractivity contribution in [2.24, 2.45) is 5.92 Å². The Morgan fingerprint density at radius 2 is 1.91 bits per heavy atom. The molecule has 0 spiro atoms. The molecule has 8 heteroatoms. The highest BCUT2D eigenvalue weighted by Crippen LogP contribution is 2.16. The number of carbonyl (C=O) groups is 2. The minimum atomic E-state index is -0.847. The smallest absolute Gasteiger partial charge is 0.307 e. The van der Waals surface area contributed by atoms with E-state index in [1.807, 2.05) is 0 Å². The fourth-order valence-corrected chi connectivity index (χ4v) is 2.57. The van der Waals surface area contributed by atoms with Gasteiger partial charge in [0.05, 0.1) is 12.5 Å². The van der Waals surface area contributed by atoms with Crippen LogP contribution in [0, 0.1) is 17.6 Å². The van der Waals surface area contributed by atoms with Crippen molar-refractivity contribution in [1.82, 2.24) is 10.2 Å². The van der Waals surface area contributed by atoms with Crippen LogP contribution in [-0.4, -0.2) is 41.5 Å². The van der Waals surface area contributed by atoms with Crippen LogP contribution in [0.15, 0.2) is 18.2 Å². The second kappa shape index (κ2) is 8.79. The average Bonchev–Trinajstić information content (AvgIpc) is 2.44. The van der Waals surface area contributed by atoms with Gasteiger partial charge in [-0.2, -0.15) is 0 Å². The fraction of sp³-hybridized carbons (Fsp3) is 0.467. The summed E-state index contributed by atoms with van der Waals surface area (Å²) in [6.07, 6.45) is 1.36. The molecule has 2 N–H and O–H groups in total. The predicted octanol–water partition coefficient (Wildman–Crippen LogP) is 1.80. The molecule has 1 amide bonds. The number of piperidine rings is 1. The van der Waals surface area contributed by atoms with Gasteiger partial charge in [-0.25, -0.2) is 8.78 Å². The Hall–Kier alpha value is -1.73. The molecule has 1 fully saturated rings. The second-order valence-electron chi connectivity index (χ2n) is 5.47. The zero-order valence-corrected chi connectivity index (χ0v) is 13.2. The number of carboxylic acids is 1. The number of amides is 1. The average molecular weight is 349 g/mol. The molecule has 0 saturated carbocycles. The molecule has 1 unspecified atom stereocenters. The maximum Gasteiger partial charge on any atom is 0.307 e. The Kier molecular flexibility index (Phi) is 7.38. The van der Waals surface area contributed by atoms with Gasteiger partial charge in [-0.3, -0.25) is 14.5 Å². The molecule has 1 aromatic rings. The highest BCUT2D eigenvalue weighted by atomic mass is 35.5. The molecule has 1 aliphatic rings. The van der Waals surface area contributed by atoms with Gasteiger partial charge in [-0.1, -0.05) is 0 Å². The van der Waals surface area contributed by atoms with Crippen LogP contribution < -0.4 is 5.32 Å². The summed E-state index contributed by atoms with van der Waals surface area (Å²) in [4.78, 5) is 24.6. The topological polar surface area (TPSA) is 69.6 Å². The van der Waals surface area contributed by atoms with Gasteiger partial charge < -0.3 is 10.4 Å². The van der Waals surface area contributed by atoms with Crippen LogP contribution in [0.3, 0.4) is 0 Å². The lowest BCUT2D eigenvalue weighted by Gasteiger charge is -2.29. The summed E-state index contributed by atoms with van der Waals surface area (Å²) >= 11 is 0. The normalized spacial score (nSPS) is 18.1. The summed E-state index contributed by atoms with van der Waals surface area (Å²) in [5, 5.41) is 11.6. The monoisotopic (exact) mass is 348 g/mol. The van der Waals surface area contributed by atoms with Crippen molar-refractivity contribution in [1.29, 1.82) is 0 Å². The number of hydrogen-bond acceptors (Lipinski definition) is 3. The molecular formula is C15H19ClF2N2O3. The molecule has 128 valence electrons. The molecule has 23 heavy (non-hydrogen) atoms. The molecule has 0 aromatic heterocycles. The third-order valence-electron chi connectivity index (χ3n) is 3.63. The van der Waals surface area contributed by atoms with Crippen LogP contribution in [0.25, 0.3) is 0 Å². The van der Waals surface area contributed by atoms with Crippen LogP contribution in [-0.2, 0) is 16.1 Å². The fourth-order valence-electron chi connectivity index (χ4n) is 2.57. The Morgan fingerprint density at radius 3 is 2.52 bits per heavy atom. The minimum Gasteiger partial charge on any atom is -0.481 e. The van der Waals surface area contributed by atoms with Crippen LogP contribution in [0.4, 0.5) is 8.78 Å². The summed E-state index contributed by atoms with van der Waals surface area (Å²) in [5.74, 6) is -2.97. The van der Waals surface area contributed by atoms with Gasteiger partial charge in [0.1, 0.15) is 11.6 Å². The first-order valence-electron chi connectivity index (χ1n) is 7.11. The van der Waals surface area contributed by atoms with Crippen LogP contribution in [0.5, 0.6) is 0 Å². The van der Waals surface area contributed by atoms with E-state index in [0.29, 0.717) is 25.1 Å². The molecule has 1 atom stereocenters. The van der Waals surface area contributed by atoms with E-state index in [1.54, 1.807) is 4.90 Å². The number of nitrogens with zero attached hydrogens (tertiary/aromatic N) is 1. The van der Waals surface area contributed by atoms with Crippen molar-refractivity contribution in [2.45, 2.75) is 19.4 Å². The van der Waals surface area contributed by atoms with Crippen molar-refractivity contribution >= 4 is 24.3 Å². The van der Waals surface area contributed by atoms with Crippen molar-refractivity contribution in [2.75, 3.05) is 19.6 Å². The maximum absolute atomic E-state index is 13.0. The van der Waals surface area contributed by atoms with Crippen LogP contribution in [0.1, 0.15) is 18.4 Å². The lowest BCUT2D eigenvalue weighted by Crippen LogP contribution is -2.44. The first-order chi connectivity index (χ1) is 10.4. The van der Waals surface area contributed by atoms with E-state index in [2.05, 4.69) is 5.32 Å². The number of rotatable bonds is 5. The second-order valence-corrected chi connectivity index (χ2v) is 5.47. The van der Waals surface area contributed by atoms with Crippen molar-refractivity contribution in [3.63, 3.8) is 0 Å². The molecule has 0 aliphatic carbocycles. The number of nitrogens with one attached hydrogen (secondary N) is 1. The van der Waals surface area contributed by atoms with E-state index in [9.17, 15) is 18.4 Å². The first kappa shape index (κ1) is 19.3. The van der Waals surface area contributed by atoms with Gasteiger partial charge in [-0.05, 0) is 37.1 Å². The van der Waals surface area contributed by atoms with Gasteiger partial charge in [0.2, 0.25) is 5.91 Å². The van der Waals surface area contributed by atoms with Gasteiger partial charge >= 0.3 is 5.97 Å². The van der Waals surface area contributed by atoms with Crippen LogP contribution >= 0.6 is 12.4 Å². The molecule has 0 bridgehead atoms.